The van der Waals surface area contributed by atoms with Crippen LogP contribution in [0.25, 0.3) is 11.5 Å². The quantitative estimate of drug-likeness (QED) is 0.829. The van der Waals surface area contributed by atoms with Crippen molar-refractivity contribution in [2.24, 2.45) is 5.92 Å². The molecule has 0 aliphatic carbocycles. The van der Waals surface area contributed by atoms with Crippen LogP contribution in [0.15, 0.2) is 40.0 Å². The Balaban J connectivity index is 1.86. The van der Waals surface area contributed by atoms with Gasteiger partial charge in [-0.1, -0.05) is 43.8 Å². The van der Waals surface area contributed by atoms with Crippen LogP contribution in [0.5, 0.6) is 0 Å². The van der Waals surface area contributed by atoms with Gasteiger partial charge in [-0.3, -0.25) is 4.79 Å². The second-order valence-corrected chi connectivity index (χ2v) is 5.65. The Morgan fingerprint density at radius 1 is 1.30 bits per heavy atom. The highest BCUT2D eigenvalue weighted by molar-refractivity contribution is 7.99. The number of aromatic nitrogens is 2. The highest BCUT2D eigenvalue weighted by Gasteiger charge is 2.10. The van der Waals surface area contributed by atoms with Crippen molar-refractivity contribution < 1.29 is 9.21 Å². The summed E-state index contributed by atoms with van der Waals surface area (Å²) in [6.07, 6.45) is 0. The van der Waals surface area contributed by atoms with E-state index < -0.39 is 0 Å². The van der Waals surface area contributed by atoms with E-state index in [1.54, 1.807) is 0 Å². The van der Waals surface area contributed by atoms with Crippen LogP contribution in [0.4, 0.5) is 0 Å². The molecular weight excluding hydrogens is 274 g/mol. The van der Waals surface area contributed by atoms with Gasteiger partial charge in [0.2, 0.25) is 11.8 Å². The van der Waals surface area contributed by atoms with E-state index in [4.69, 9.17) is 4.42 Å². The van der Waals surface area contributed by atoms with Crippen LogP contribution in [0.3, 0.4) is 0 Å². The maximum absolute atomic E-state index is 11.6. The number of rotatable bonds is 6. The van der Waals surface area contributed by atoms with E-state index in [9.17, 15) is 4.79 Å². The van der Waals surface area contributed by atoms with Crippen molar-refractivity contribution >= 4 is 17.7 Å². The number of carbonyl (C=O) groups excluding carboxylic acids is 1. The molecule has 106 valence electrons. The first-order chi connectivity index (χ1) is 9.65. The van der Waals surface area contributed by atoms with Gasteiger partial charge in [-0.15, -0.1) is 10.2 Å². The van der Waals surface area contributed by atoms with Crippen molar-refractivity contribution in [1.82, 2.24) is 15.5 Å². The van der Waals surface area contributed by atoms with E-state index >= 15 is 0 Å². The molecular formula is C14H17N3O2S. The van der Waals surface area contributed by atoms with E-state index in [1.165, 1.54) is 11.8 Å². The van der Waals surface area contributed by atoms with Crippen LogP contribution in [0.2, 0.25) is 0 Å². The third-order valence-corrected chi connectivity index (χ3v) is 3.28. The Morgan fingerprint density at radius 3 is 2.75 bits per heavy atom. The van der Waals surface area contributed by atoms with Crippen molar-refractivity contribution in [2.75, 3.05) is 12.3 Å². The normalized spacial score (nSPS) is 10.8. The Hall–Kier alpha value is -1.82. The molecule has 0 bridgehead atoms. The minimum Gasteiger partial charge on any atom is -0.411 e. The summed E-state index contributed by atoms with van der Waals surface area (Å²) in [6.45, 7) is 4.79. The summed E-state index contributed by atoms with van der Waals surface area (Å²) in [5, 5.41) is 11.1. The van der Waals surface area contributed by atoms with E-state index in [1.807, 2.05) is 30.3 Å². The lowest BCUT2D eigenvalue weighted by Crippen LogP contribution is -2.28. The molecule has 1 heterocycles. The molecule has 0 aliphatic heterocycles. The Morgan fingerprint density at radius 2 is 2.05 bits per heavy atom. The van der Waals surface area contributed by atoms with Gasteiger partial charge in [-0.25, -0.2) is 0 Å². The summed E-state index contributed by atoms with van der Waals surface area (Å²) in [5.74, 6) is 1.17. The number of carbonyl (C=O) groups is 1. The number of nitrogens with zero attached hydrogens (tertiary/aromatic N) is 2. The summed E-state index contributed by atoms with van der Waals surface area (Å²) in [5.41, 5.74) is 0.871. The van der Waals surface area contributed by atoms with Crippen molar-refractivity contribution in [2.45, 2.75) is 19.1 Å². The Labute approximate surface area is 122 Å². The Bertz CT molecular complexity index is 555. The summed E-state index contributed by atoms with van der Waals surface area (Å²) < 4.78 is 5.51. The average molecular weight is 291 g/mol. The molecule has 1 aromatic heterocycles. The summed E-state index contributed by atoms with van der Waals surface area (Å²) in [7, 11) is 0. The first-order valence-electron chi connectivity index (χ1n) is 6.43. The predicted octanol–water partition coefficient (Wildman–Crippen LogP) is 2.60. The van der Waals surface area contributed by atoms with Crippen LogP contribution < -0.4 is 5.32 Å². The molecule has 20 heavy (non-hydrogen) atoms. The number of benzene rings is 1. The van der Waals surface area contributed by atoms with Gasteiger partial charge in [0.25, 0.3) is 5.22 Å². The minimum atomic E-state index is -0.0249. The van der Waals surface area contributed by atoms with Gasteiger partial charge in [0.15, 0.2) is 0 Å². The second kappa shape index (κ2) is 7.09. The zero-order valence-corrected chi connectivity index (χ0v) is 12.3. The van der Waals surface area contributed by atoms with Crippen molar-refractivity contribution in [3.8, 4) is 11.5 Å². The molecule has 0 saturated heterocycles. The molecule has 0 atom stereocenters. The fraction of sp³-hybridized carbons (Fsp3) is 0.357. The first kappa shape index (κ1) is 14.6. The summed E-state index contributed by atoms with van der Waals surface area (Å²) in [4.78, 5) is 11.6. The maximum atomic E-state index is 11.6. The van der Waals surface area contributed by atoms with Crippen LogP contribution in [-0.4, -0.2) is 28.4 Å². The van der Waals surface area contributed by atoms with Crippen LogP contribution >= 0.6 is 11.8 Å². The molecule has 0 unspecified atom stereocenters. The smallest absolute Gasteiger partial charge is 0.277 e. The standard InChI is InChI=1S/C14H17N3O2S/c1-10(2)8-15-12(18)9-20-14-17-16-13(19-14)11-6-4-3-5-7-11/h3-7,10H,8-9H2,1-2H3,(H,15,18). The summed E-state index contributed by atoms with van der Waals surface area (Å²) in [6, 6.07) is 9.54. The SMILES string of the molecule is CC(C)CNC(=O)CSc1nnc(-c2ccccc2)o1. The minimum absolute atomic E-state index is 0.0249. The lowest BCUT2D eigenvalue weighted by atomic mass is 10.2. The number of hydrogen-bond donors (Lipinski definition) is 1. The molecule has 6 heteroatoms. The number of thioether (sulfide) groups is 1. The van der Waals surface area contributed by atoms with Gasteiger partial charge >= 0.3 is 0 Å². The molecule has 0 fully saturated rings. The molecule has 5 nitrogen and oxygen atoms in total. The third kappa shape index (κ3) is 4.38. The molecule has 0 aliphatic rings. The average Bonchev–Trinajstić information content (AvgIpc) is 2.93. The van der Waals surface area contributed by atoms with Gasteiger partial charge in [0.1, 0.15) is 0 Å². The van der Waals surface area contributed by atoms with Crippen LogP contribution in [0, 0.1) is 5.92 Å². The topological polar surface area (TPSA) is 68.0 Å². The first-order valence-corrected chi connectivity index (χ1v) is 7.42. The molecule has 2 rings (SSSR count). The molecule has 0 radical (unpaired) electrons. The number of hydrogen-bond acceptors (Lipinski definition) is 5. The second-order valence-electron chi connectivity index (χ2n) is 4.73. The van der Waals surface area contributed by atoms with Crippen molar-refractivity contribution in [3.05, 3.63) is 30.3 Å². The van der Waals surface area contributed by atoms with Gasteiger partial charge in [-0.2, -0.15) is 0 Å². The lowest BCUT2D eigenvalue weighted by Gasteiger charge is -2.05. The highest BCUT2D eigenvalue weighted by Crippen LogP contribution is 2.22. The predicted molar refractivity (Wildman–Crippen MR) is 78.3 cm³/mol. The summed E-state index contributed by atoms with van der Waals surface area (Å²) >= 11 is 1.24. The molecule has 1 N–H and O–H groups in total. The highest BCUT2D eigenvalue weighted by atomic mass is 32.2. The third-order valence-electron chi connectivity index (χ3n) is 2.46. The molecule has 1 aromatic carbocycles. The van der Waals surface area contributed by atoms with Crippen molar-refractivity contribution in [1.29, 1.82) is 0 Å². The van der Waals surface area contributed by atoms with Crippen LogP contribution in [0.1, 0.15) is 13.8 Å². The van der Waals surface area contributed by atoms with E-state index in [0.717, 1.165) is 5.56 Å². The van der Waals surface area contributed by atoms with E-state index in [0.29, 0.717) is 23.6 Å². The molecule has 0 saturated carbocycles. The maximum Gasteiger partial charge on any atom is 0.277 e. The van der Waals surface area contributed by atoms with Gasteiger partial charge in [0, 0.05) is 12.1 Å². The lowest BCUT2D eigenvalue weighted by molar-refractivity contribution is -0.118. The fourth-order valence-electron chi connectivity index (χ4n) is 1.46. The van der Waals surface area contributed by atoms with Crippen molar-refractivity contribution in [3.63, 3.8) is 0 Å². The largest absolute Gasteiger partial charge is 0.411 e. The monoisotopic (exact) mass is 291 g/mol. The zero-order chi connectivity index (χ0) is 14.4. The molecule has 0 spiro atoms. The number of nitrogens with one attached hydrogen (secondary N) is 1. The van der Waals surface area contributed by atoms with E-state index in [-0.39, 0.29) is 11.7 Å². The molecule has 2 aromatic rings. The van der Waals surface area contributed by atoms with Gasteiger partial charge < -0.3 is 9.73 Å². The molecule has 1 amide bonds. The Kier molecular flexibility index (Phi) is 5.17. The fourth-order valence-corrected chi connectivity index (χ4v) is 2.05. The van der Waals surface area contributed by atoms with Gasteiger partial charge in [0.05, 0.1) is 5.75 Å². The zero-order valence-electron chi connectivity index (χ0n) is 11.5. The van der Waals surface area contributed by atoms with E-state index in [2.05, 4.69) is 29.4 Å². The van der Waals surface area contributed by atoms with Crippen LogP contribution in [-0.2, 0) is 4.79 Å². The van der Waals surface area contributed by atoms with Gasteiger partial charge in [-0.05, 0) is 18.1 Å². The number of amides is 1.